The van der Waals surface area contributed by atoms with E-state index in [0.717, 1.165) is 24.0 Å². The third-order valence-corrected chi connectivity index (χ3v) is 4.49. The predicted molar refractivity (Wildman–Crippen MR) is 112 cm³/mol. The topological polar surface area (TPSA) is 59.6 Å². The molecule has 0 fully saturated rings. The van der Waals surface area contributed by atoms with Crippen LogP contribution in [0, 0.1) is 0 Å². The molecule has 2 aromatic rings. The van der Waals surface area contributed by atoms with Crippen molar-refractivity contribution in [1.82, 2.24) is 10.6 Å². The van der Waals surface area contributed by atoms with Gasteiger partial charge in [0.15, 0.2) is 0 Å². The maximum atomic E-state index is 11.8. The Hall–Kier alpha value is -2.37. The number of ether oxygens (including phenoxy) is 2. The zero-order valence-corrected chi connectivity index (χ0v) is 16.9. The van der Waals surface area contributed by atoms with Crippen LogP contribution in [0.15, 0.2) is 60.7 Å². The second-order valence-electron chi connectivity index (χ2n) is 6.74. The van der Waals surface area contributed by atoms with Crippen LogP contribution >= 0.6 is 0 Å². The molecule has 0 bridgehead atoms. The van der Waals surface area contributed by atoms with Crippen LogP contribution in [-0.4, -0.2) is 32.3 Å². The van der Waals surface area contributed by atoms with E-state index in [1.165, 1.54) is 0 Å². The Morgan fingerprint density at radius 1 is 0.750 bits per heavy atom. The molecule has 0 heterocycles. The van der Waals surface area contributed by atoms with E-state index in [9.17, 15) is 4.79 Å². The molecule has 0 saturated carbocycles. The summed E-state index contributed by atoms with van der Waals surface area (Å²) in [6, 6.07) is 20.1. The Bertz CT molecular complexity index is 607. The molecular weight excluding hydrogens is 352 g/mol. The molecule has 0 radical (unpaired) electrons. The Morgan fingerprint density at radius 2 is 1.14 bits per heavy atom. The van der Waals surface area contributed by atoms with Crippen LogP contribution in [0.3, 0.4) is 0 Å². The van der Waals surface area contributed by atoms with Crippen molar-refractivity contribution in [1.29, 1.82) is 0 Å². The first kappa shape index (κ1) is 21.9. The van der Waals surface area contributed by atoms with Crippen molar-refractivity contribution in [3.8, 4) is 0 Å². The van der Waals surface area contributed by atoms with E-state index >= 15 is 0 Å². The Morgan fingerprint density at radius 3 is 1.54 bits per heavy atom. The van der Waals surface area contributed by atoms with Crippen molar-refractivity contribution >= 4 is 6.03 Å². The van der Waals surface area contributed by atoms with Gasteiger partial charge in [-0.1, -0.05) is 60.7 Å². The standard InChI is InChI=1S/C23H32N2O3/c1-19(21-11-5-3-6-12-21)27-17-9-15-24-23(26)25-16-10-18-28-20(2)22-13-7-4-8-14-22/h3-8,11-14,19-20H,9-10,15-18H2,1-2H3,(H2,24,25,26)/t19-,20+. The predicted octanol–water partition coefficient (Wildman–Crippen LogP) is 4.62. The molecule has 0 aliphatic rings. The van der Waals surface area contributed by atoms with Crippen LogP contribution in [-0.2, 0) is 9.47 Å². The van der Waals surface area contributed by atoms with E-state index in [4.69, 9.17) is 9.47 Å². The van der Waals surface area contributed by atoms with Gasteiger partial charge in [0.25, 0.3) is 0 Å². The highest BCUT2D eigenvalue weighted by atomic mass is 16.5. The quantitative estimate of drug-likeness (QED) is 0.525. The van der Waals surface area contributed by atoms with Crippen LogP contribution in [0.2, 0.25) is 0 Å². The van der Waals surface area contributed by atoms with E-state index in [2.05, 4.69) is 34.9 Å². The molecule has 0 saturated heterocycles. The summed E-state index contributed by atoms with van der Waals surface area (Å²) in [5.74, 6) is 0. The maximum absolute atomic E-state index is 11.8. The average Bonchev–Trinajstić information content (AvgIpc) is 2.74. The minimum atomic E-state index is -0.146. The normalized spacial score (nSPS) is 12.9. The average molecular weight is 385 g/mol. The van der Waals surface area contributed by atoms with Gasteiger partial charge in [-0.15, -0.1) is 0 Å². The third-order valence-electron chi connectivity index (χ3n) is 4.49. The molecule has 0 aliphatic heterocycles. The molecule has 0 spiro atoms. The molecule has 2 N–H and O–H groups in total. The Labute approximate surface area is 168 Å². The lowest BCUT2D eigenvalue weighted by atomic mass is 10.1. The molecule has 2 rings (SSSR count). The van der Waals surface area contributed by atoms with Gasteiger partial charge in [-0.2, -0.15) is 0 Å². The number of carbonyl (C=O) groups is 1. The summed E-state index contributed by atoms with van der Waals surface area (Å²) < 4.78 is 11.6. The third kappa shape index (κ3) is 8.55. The zero-order chi connectivity index (χ0) is 20.0. The number of nitrogens with one attached hydrogen (secondary N) is 2. The molecule has 2 amide bonds. The van der Waals surface area contributed by atoms with Gasteiger partial charge < -0.3 is 20.1 Å². The lowest BCUT2D eigenvalue weighted by molar-refractivity contribution is 0.0639. The van der Waals surface area contributed by atoms with E-state index in [0.29, 0.717) is 26.3 Å². The fraction of sp³-hybridized carbons (Fsp3) is 0.435. The van der Waals surface area contributed by atoms with Crippen molar-refractivity contribution in [3.05, 3.63) is 71.8 Å². The molecule has 0 aromatic heterocycles. The van der Waals surface area contributed by atoms with Crippen molar-refractivity contribution in [2.75, 3.05) is 26.3 Å². The van der Waals surface area contributed by atoms with Gasteiger partial charge >= 0.3 is 6.03 Å². The number of hydrogen-bond donors (Lipinski definition) is 2. The second-order valence-corrected chi connectivity index (χ2v) is 6.74. The summed E-state index contributed by atoms with van der Waals surface area (Å²) in [5.41, 5.74) is 2.33. The number of benzene rings is 2. The van der Waals surface area contributed by atoms with Gasteiger partial charge in [0.1, 0.15) is 0 Å². The SMILES string of the molecule is C[C@H](OCCCNC(=O)NCCCO[C@H](C)c1ccccc1)c1ccccc1. The van der Waals surface area contributed by atoms with E-state index in [-0.39, 0.29) is 18.2 Å². The number of urea groups is 1. The summed E-state index contributed by atoms with van der Waals surface area (Å²) >= 11 is 0. The molecule has 5 nitrogen and oxygen atoms in total. The Balaban J connectivity index is 1.45. The molecule has 2 atom stereocenters. The minimum absolute atomic E-state index is 0.0632. The first-order valence-electron chi connectivity index (χ1n) is 10.0. The summed E-state index contributed by atoms with van der Waals surface area (Å²) in [7, 11) is 0. The first-order valence-corrected chi connectivity index (χ1v) is 10.0. The van der Waals surface area contributed by atoms with Crippen LogP contribution in [0.5, 0.6) is 0 Å². The van der Waals surface area contributed by atoms with Gasteiger partial charge in [-0.3, -0.25) is 0 Å². The molecule has 5 heteroatoms. The van der Waals surface area contributed by atoms with E-state index in [1.807, 2.05) is 50.2 Å². The summed E-state index contributed by atoms with van der Waals surface area (Å²) in [6.45, 7) is 6.49. The van der Waals surface area contributed by atoms with Gasteiger partial charge in [-0.05, 0) is 37.8 Å². The largest absolute Gasteiger partial charge is 0.374 e. The fourth-order valence-corrected chi connectivity index (χ4v) is 2.77. The maximum Gasteiger partial charge on any atom is 0.314 e. The van der Waals surface area contributed by atoms with Gasteiger partial charge in [-0.25, -0.2) is 4.79 Å². The fourth-order valence-electron chi connectivity index (χ4n) is 2.77. The number of hydrogen-bond acceptors (Lipinski definition) is 3. The molecule has 0 unspecified atom stereocenters. The highest BCUT2D eigenvalue weighted by Gasteiger charge is 2.06. The highest BCUT2D eigenvalue weighted by molar-refractivity contribution is 5.73. The molecule has 0 aliphatic carbocycles. The second kappa shape index (κ2) is 12.9. The van der Waals surface area contributed by atoms with Gasteiger partial charge in [0.2, 0.25) is 0 Å². The van der Waals surface area contributed by atoms with Crippen molar-refractivity contribution in [2.45, 2.75) is 38.9 Å². The van der Waals surface area contributed by atoms with Crippen LogP contribution < -0.4 is 10.6 Å². The zero-order valence-electron chi connectivity index (χ0n) is 16.9. The lowest BCUT2D eigenvalue weighted by Gasteiger charge is -2.14. The van der Waals surface area contributed by atoms with Crippen molar-refractivity contribution in [2.24, 2.45) is 0 Å². The highest BCUT2D eigenvalue weighted by Crippen LogP contribution is 2.16. The van der Waals surface area contributed by atoms with Gasteiger partial charge in [0, 0.05) is 26.3 Å². The van der Waals surface area contributed by atoms with Crippen LogP contribution in [0.1, 0.15) is 50.0 Å². The van der Waals surface area contributed by atoms with E-state index < -0.39 is 0 Å². The van der Waals surface area contributed by atoms with Crippen LogP contribution in [0.4, 0.5) is 4.79 Å². The van der Waals surface area contributed by atoms with Crippen molar-refractivity contribution in [3.63, 3.8) is 0 Å². The number of amides is 2. The van der Waals surface area contributed by atoms with Crippen molar-refractivity contribution < 1.29 is 14.3 Å². The smallest absolute Gasteiger partial charge is 0.314 e. The Kier molecular flexibility index (Phi) is 10.1. The van der Waals surface area contributed by atoms with Gasteiger partial charge in [0.05, 0.1) is 12.2 Å². The summed E-state index contributed by atoms with van der Waals surface area (Å²) in [5, 5.41) is 5.70. The van der Waals surface area contributed by atoms with E-state index in [1.54, 1.807) is 0 Å². The molecular formula is C23H32N2O3. The monoisotopic (exact) mass is 384 g/mol. The first-order chi connectivity index (χ1) is 13.7. The molecule has 2 aromatic carbocycles. The summed E-state index contributed by atoms with van der Waals surface area (Å²) in [6.07, 6.45) is 1.69. The minimum Gasteiger partial charge on any atom is -0.374 e. The van der Waals surface area contributed by atoms with Crippen LogP contribution in [0.25, 0.3) is 0 Å². The molecule has 152 valence electrons. The molecule has 28 heavy (non-hydrogen) atoms. The lowest BCUT2D eigenvalue weighted by Crippen LogP contribution is -2.37. The number of carbonyl (C=O) groups excluding carboxylic acids is 1. The number of rotatable bonds is 12. The summed E-state index contributed by atoms with van der Waals surface area (Å²) in [4.78, 5) is 11.8.